The summed E-state index contributed by atoms with van der Waals surface area (Å²) in [6.45, 7) is 7.86. The first-order valence-electron chi connectivity index (χ1n) is 14.2. The van der Waals surface area contributed by atoms with Crippen LogP contribution in [0.3, 0.4) is 0 Å². The minimum absolute atomic E-state index is 0.560. The van der Waals surface area contributed by atoms with Crippen molar-refractivity contribution in [3.8, 4) is 0 Å². The van der Waals surface area contributed by atoms with E-state index >= 15 is 0 Å². The number of aromatic nitrogens is 5. The lowest BCUT2D eigenvalue weighted by atomic mass is 9.95. The zero-order valence-electron chi connectivity index (χ0n) is 21.9. The van der Waals surface area contributed by atoms with Crippen molar-refractivity contribution < 1.29 is 0 Å². The molecule has 0 unspecified atom stereocenters. The second-order valence-electron chi connectivity index (χ2n) is 10.3. The molecule has 0 spiro atoms. The fraction of sp³-hybridized carbons (Fsp3) is 0.769. The first kappa shape index (κ1) is 26.8. The normalized spacial score (nSPS) is 17.3. The van der Waals surface area contributed by atoms with E-state index in [4.69, 9.17) is 0 Å². The van der Waals surface area contributed by atoms with Crippen molar-refractivity contribution in [2.75, 3.05) is 49.9 Å². The predicted molar refractivity (Wildman–Crippen MR) is 145 cm³/mol. The lowest BCUT2D eigenvalue weighted by Gasteiger charge is -2.22. The van der Waals surface area contributed by atoms with E-state index in [0.29, 0.717) is 18.4 Å². The van der Waals surface area contributed by atoms with Crippen LogP contribution in [0.5, 0.6) is 0 Å². The van der Waals surface area contributed by atoms with Gasteiger partial charge in [-0.3, -0.25) is 4.68 Å². The number of anilines is 2. The Morgan fingerprint density at radius 3 is 2.67 bits per heavy atom. The van der Waals surface area contributed by atoms with Gasteiger partial charge in [0.15, 0.2) is 0 Å². The Bertz CT molecular complexity index is 845. The average Bonchev–Trinajstić information content (AvgIpc) is 3.39. The van der Waals surface area contributed by atoms with Crippen molar-refractivity contribution in [2.24, 2.45) is 5.92 Å². The largest absolute Gasteiger partial charge is 0.370 e. The third kappa shape index (κ3) is 9.99. The summed E-state index contributed by atoms with van der Waals surface area (Å²) in [7, 11) is 0. The highest BCUT2D eigenvalue weighted by molar-refractivity contribution is 5.39. The van der Waals surface area contributed by atoms with Gasteiger partial charge in [0.05, 0.1) is 12.7 Å². The molecule has 2 aromatic rings. The molecule has 200 valence electrons. The standard InChI is InChI=1S/C26H46N10/c1-2-7-23(8-3-1)29-14-5-4-12-27-13-6-18-36-21-24(34-35-36)20-32-26-30-17-11-25(33-26)31-19-22-9-15-28-16-10-22/h11,17,21-23,27-29H,1-10,12-16,18-20H2,(H2,30,31,32,33). The molecule has 0 radical (unpaired) electrons. The fourth-order valence-electron chi connectivity index (χ4n) is 5.05. The number of aryl methyl sites for hydroxylation is 1. The van der Waals surface area contributed by atoms with Gasteiger partial charge in [-0.25, -0.2) is 4.98 Å². The molecule has 0 amide bonds. The van der Waals surface area contributed by atoms with Crippen molar-refractivity contribution in [3.05, 3.63) is 24.2 Å². The van der Waals surface area contributed by atoms with Gasteiger partial charge in [-0.05, 0) is 89.7 Å². The van der Waals surface area contributed by atoms with E-state index in [2.05, 4.69) is 46.9 Å². The monoisotopic (exact) mass is 498 g/mol. The number of unbranched alkanes of at least 4 members (excludes halogenated alkanes) is 1. The zero-order chi connectivity index (χ0) is 24.7. The van der Waals surface area contributed by atoms with E-state index in [1.54, 1.807) is 6.20 Å². The lowest BCUT2D eigenvalue weighted by Crippen LogP contribution is -2.32. The molecule has 10 heteroatoms. The fourth-order valence-corrected chi connectivity index (χ4v) is 5.05. The van der Waals surface area contributed by atoms with Gasteiger partial charge in [-0.1, -0.05) is 24.5 Å². The highest BCUT2D eigenvalue weighted by Crippen LogP contribution is 2.17. The van der Waals surface area contributed by atoms with Gasteiger partial charge in [-0.15, -0.1) is 5.10 Å². The van der Waals surface area contributed by atoms with E-state index in [9.17, 15) is 0 Å². The van der Waals surface area contributed by atoms with Gasteiger partial charge in [0.2, 0.25) is 5.95 Å². The van der Waals surface area contributed by atoms with Crippen LogP contribution >= 0.6 is 0 Å². The zero-order valence-corrected chi connectivity index (χ0v) is 21.9. The molecule has 0 atom stereocenters. The van der Waals surface area contributed by atoms with Crippen LogP contribution in [0.4, 0.5) is 11.8 Å². The number of piperidine rings is 1. The molecular formula is C26H46N10. The van der Waals surface area contributed by atoms with Crippen molar-refractivity contribution in [3.63, 3.8) is 0 Å². The summed E-state index contributed by atoms with van der Waals surface area (Å²) in [5, 5.41) is 26.0. The van der Waals surface area contributed by atoms with Crippen LogP contribution in [0.1, 0.15) is 69.9 Å². The Balaban J connectivity index is 1.03. The van der Waals surface area contributed by atoms with Crippen LogP contribution in [-0.2, 0) is 13.1 Å². The van der Waals surface area contributed by atoms with Gasteiger partial charge < -0.3 is 26.6 Å². The number of nitrogens with one attached hydrogen (secondary N) is 5. The number of nitrogens with zero attached hydrogens (tertiary/aromatic N) is 5. The van der Waals surface area contributed by atoms with Crippen LogP contribution < -0.4 is 26.6 Å². The summed E-state index contributed by atoms with van der Waals surface area (Å²) in [5.41, 5.74) is 0.894. The number of hydrogen-bond donors (Lipinski definition) is 5. The molecule has 1 saturated carbocycles. The predicted octanol–water partition coefficient (Wildman–Crippen LogP) is 2.77. The summed E-state index contributed by atoms with van der Waals surface area (Å²) in [4.78, 5) is 8.92. The summed E-state index contributed by atoms with van der Waals surface area (Å²) in [5.74, 6) is 2.18. The summed E-state index contributed by atoms with van der Waals surface area (Å²) in [6, 6.07) is 2.70. The van der Waals surface area contributed by atoms with Gasteiger partial charge in [0, 0.05) is 25.3 Å². The van der Waals surface area contributed by atoms with E-state index in [1.165, 1.54) is 57.8 Å². The molecule has 2 aliphatic rings. The van der Waals surface area contributed by atoms with E-state index in [0.717, 1.165) is 69.8 Å². The van der Waals surface area contributed by atoms with E-state index < -0.39 is 0 Å². The van der Waals surface area contributed by atoms with Crippen LogP contribution in [0, 0.1) is 5.92 Å². The summed E-state index contributed by atoms with van der Waals surface area (Å²) >= 11 is 0. The van der Waals surface area contributed by atoms with Crippen LogP contribution in [-0.4, -0.2) is 70.3 Å². The van der Waals surface area contributed by atoms with Crippen molar-refractivity contribution in [1.82, 2.24) is 40.9 Å². The van der Waals surface area contributed by atoms with Crippen molar-refractivity contribution in [2.45, 2.75) is 83.3 Å². The molecule has 0 bridgehead atoms. The quantitative estimate of drug-likeness (QED) is 0.223. The maximum atomic E-state index is 4.58. The maximum absolute atomic E-state index is 4.58. The number of hydrogen-bond acceptors (Lipinski definition) is 9. The second-order valence-corrected chi connectivity index (χ2v) is 10.3. The first-order chi connectivity index (χ1) is 17.8. The smallest absolute Gasteiger partial charge is 0.224 e. The SMILES string of the molecule is c1cc(NCC2CCNCC2)nc(NCc2cn(CCCNCCCCNC3CCCCC3)nn2)n1. The second kappa shape index (κ2) is 15.7. The third-order valence-electron chi connectivity index (χ3n) is 7.26. The molecule has 1 saturated heterocycles. The molecule has 2 aromatic heterocycles. The molecule has 3 heterocycles. The summed E-state index contributed by atoms with van der Waals surface area (Å²) < 4.78 is 1.92. The van der Waals surface area contributed by atoms with Crippen LogP contribution in [0.25, 0.3) is 0 Å². The van der Waals surface area contributed by atoms with E-state index in [-0.39, 0.29) is 0 Å². The summed E-state index contributed by atoms with van der Waals surface area (Å²) in [6.07, 6.45) is 16.7. The van der Waals surface area contributed by atoms with Gasteiger partial charge >= 0.3 is 0 Å². The first-order valence-corrected chi connectivity index (χ1v) is 14.2. The van der Waals surface area contributed by atoms with E-state index in [1.807, 2.05) is 16.9 Å². The molecule has 10 nitrogen and oxygen atoms in total. The Morgan fingerprint density at radius 2 is 1.78 bits per heavy atom. The Labute approximate surface area is 216 Å². The molecule has 1 aliphatic carbocycles. The number of rotatable bonds is 16. The Morgan fingerprint density at radius 1 is 0.944 bits per heavy atom. The van der Waals surface area contributed by atoms with Crippen molar-refractivity contribution in [1.29, 1.82) is 0 Å². The van der Waals surface area contributed by atoms with Gasteiger partial charge in [-0.2, -0.15) is 4.98 Å². The molecule has 5 N–H and O–H groups in total. The van der Waals surface area contributed by atoms with Crippen molar-refractivity contribution >= 4 is 11.8 Å². The molecule has 36 heavy (non-hydrogen) atoms. The molecule has 0 aromatic carbocycles. The minimum Gasteiger partial charge on any atom is -0.370 e. The molecule has 4 rings (SSSR count). The van der Waals surface area contributed by atoms with Crippen LogP contribution in [0.15, 0.2) is 18.5 Å². The minimum atomic E-state index is 0.560. The Hall–Kier alpha value is -2.30. The van der Waals surface area contributed by atoms with Crippen LogP contribution in [0.2, 0.25) is 0 Å². The topological polar surface area (TPSA) is 117 Å². The highest BCUT2D eigenvalue weighted by Gasteiger charge is 2.13. The average molecular weight is 499 g/mol. The van der Waals surface area contributed by atoms with Gasteiger partial charge in [0.1, 0.15) is 11.5 Å². The molecular weight excluding hydrogens is 452 g/mol. The third-order valence-corrected chi connectivity index (χ3v) is 7.26. The highest BCUT2D eigenvalue weighted by atomic mass is 15.4. The maximum Gasteiger partial charge on any atom is 0.224 e. The molecule has 1 aliphatic heterocycles. The van der Waals surface area contributed by atoms with Gasteiger partial charge in [0.25, 0.3) is 0 Å². The molecule has 2 fully saturated rings. The Kier molecular flexibility index (Phi) is 11.7. The lowest BCUT2D eigenvalue weighted by molar-refractivity contribution is 0.370.